The molecule has 1 saturated heterocycles. The van der Waals surface area contributed by atoms with Crippen molar-refractivity contribution in [3.8, 4) is 0 Å². The maximum atomic E-state index is 4.72. The molecule has 1 aromatic heterocycles. The van der Waals surface area contributed by atoms with E-state index in [4.69, 9.17) is 4.98 Å². The Balaban J connectivity index is 1.58. The van der Waals surface area contributed by atoms with Crippen LogP contribution in [0.4, 0.5) is 5.69 Å². The molecule has 1 N–H and O–H groups in total. The molecule has 0 unspecified atom stereocenters. The van der Waals surface area contributed by atoms with Gasteiger partial charge in [-0.15, -0.1) is 0 Å². The van der Waals surface area contributed by atoms with Crippen molar-refractivity contribution in [2.24, 2.45) is 0 Å². The van der Waals surface area contributed by atoms with E-state index < -0.39 is 0 Å². The average Bonchev–Trinajstić information content (AvgIpc) is 2.62. The number of fused-ring (bicyclic) bond motifs is 1. The van der Waals surface area contributed by atoms with Crippen molar-refractivity contribution in [3.05, 3.63) is 36.0 Å². The second kappa shape index (κ2) is 7.95. The Morgan fingerprint density at radius 3 is 2.67 bits per heavy atom. The van der Waals surface area contributed by atoms with Gasteiger partial charge in [0, 0.05) is 35.9 Å². The zero-order valence-corrected chi connectivity index (χ0v) is 15.3. The van der Waals surface area contributed by atoms with Gasteiger partial charge in [-0.3, -0.25) is 4.98 Å². The standard InChI is InChI=1S/C20H30N4/c1-4-16-15-20(18-7-5-6-8-19(18)22-16)21-11-14-24-12-9-17(10-13-24)23(2)3/h5-8,15,17H,4,9-14H2,1-3H3,(H,21,22). The lowest BCUT2D eigenvalue weighted by Crippen LogP contribution is -2.43. The zero-order valence-electron chi connectivity index (χ0n) is 15.3. The summed E-state index contributed by atoms with van der Waals surface area (Å²) in [4.78, 5) is 9.67. The van der Waals surface area contributed by atoms with Gasteiger partial charge >= 0.3 is 0 Å². The minimum Gasteiger partial charge on any atom is -0.383 e. The number of nitrogens with one attached hydrogen (secondary N) is 1. The minimum absolute atomic E-state index is 0.755. The predicted molar refractivity (Wildman–Crippen MR) is 103 cm³/mol. The van der Waals surface area contributed by atoms with Gasteiger partial charge in [0.05, 0.1) is 5.52 Å². The fourth-order valence-corrected chi connectivity index (χ4v) is 3.57. The van der Waals surface area contributed by atoms with E-state index in [2.05, 4.69) is 66.5 Å². The van der Waals surface area contributed by atoms with Crippen molar-refractivity contribution in [1.82, 2.24) is 14.8 Å². The van der Waals surface area contributed by atoms with Crippen molar-refractivity contribution >= 4 is 16.6 Å². The van der Waals surface area contributed by atoms with E-state index in [-0.39, 0.29) is 0 Å². The van der Waals surface area contributed by atoms with Crippen LogP contribution in [0.3, 0.4) is 0 Å². The number of piperidine rings is 1. The number of hydrogen-bond donors (Lipinski definition) is 1. The summed E-state index contributed by atoms with van der Waals surface area (Å²) >= 11 is 0. The molecule has 2 aromatic rings. The first kappa shape index (κ1) is 17.2. The van der Waals surface area contributed by atoms with Crippen molar-refractivity contribution in [2.75, 3.05) is 45.6 Å². The normalized spacial score (nSPS) is 16.8. The molecule has 0 spiro atoms. The number of hydrogen-bond acceptors (Lipinski definition) is 4. The van der Waals surface area contributed by atoms with Crippen LogP contribution < -0.4 is 5.32 Å². The van der Waals surface area contributed by atoms with Gasteiger partial charge in [-0.2, -0.15) is 0 Å². The summed E-state index contributed by atoms with van der Waals surface area (Å²) in [6, 6.07) is 11.4. The van der Waals surface area contributed by atoms with E-state index in [1.54, 1.807) is 0 Å². The highest BCUT2D eigenvalue weighted by molar-refractivity contribution is 5.91. The van der Waals surface area contributed by atoms with Crippen LogP contribution in [-0.2, 0) is 6.42 Å². The Hall–Kier alpha value is -1.65. The smallest absolute Gasteiger partial charge is 0.0726 e. The molecule has 0 atom stereocenters. The molecular formula is C20H30N4. The van der Waals surface area contributed by atoms with E-state index in [9.17, 15) is 0 Å². The highest BCUT2D eigenvalue weighted by Crippen LogP contribution is 2.23. The van der Waals surface area contributed by atoms with Crippen LogP contribution in [-0.4, -0.2) is 61.1 Å². The molecule has 1 aliphatic heterocycles. The molecule has 4 heteroatoms. The fourth-order valence-electron chi connectivity index (χ4n) is 3.57. The predicted octanol–water partition coefficient (Wildman–Crippen LogP) is 3.24. The van der Waals surface area contributed by atoms with Gasteiger partial charge in [-0.05, 0) is 58.6 Å². The number of para-hydroxylation sites is 1. The second-order valence-electron chi connectivity index (χ2n) is 7.00. The summed E-state index contributed by atoms with van der Waals surface area (Å²) in [6.07, 6.45) is 3.54. The first-order valence-corrected chi connectivity index (χ1v) is 9.18. The molecule has 1 fully saturated rings. The first-order valence-electron chi connectivity index (χ1n) is 9.18. The molecule has 0 saturated carbocycles. The van der Waals surface area contributed by atoms with Crippen LogP contribution in [0.25, 0.3) is 10.9 Å². The molecule has 4 nitrogen and oxygen atoms in total. The van der Waals surface area contributed by atoms with Crippen LogP contribution in [0.5, 0.6) is 0 Å². The summed E-state index contributed by atoms with van der Waals surface area (Å²) < 4.78 is 0. The van der Waals surface area contributed by atoms with Gasteiger partial charge in [-0.25, -0.2) is 0 Å². The summed E-state index contributed by atoms with van der Waals surface area (Å²) in [5.74, 6) is 0. The number of anilines is 1. The van der Waals surface area contributed by atoms with Crippen LogP contribution in [0.2, 0.25) is 0 Å². The number of rotatable bonds is 6. The number of aromatic nitrogens is 1. The molecule has 1 aromatic carbocycles. The molecule has 0 bridgehead atoms. The maximum absolute atomic E-state index is 4.72. The number of pyridine rings is 1. The molecule has 0 amide bonds. The molecule has 3 rings (SSSR count). The van der Waals surface area contributed by atoms with Gasteiger partial charge in [-0.1, -0.05) is 25.1 Å². The van der Waals surface area contributed by atoms with Gasteiger partial charge in [0.25, 0.3) is 0 Å². The molecular weight excluding hydrogens is 296 g/mol. The van der Waals surface area contributed by atoms with Gasteiger partial charge in [0.15, 0.2) is 0 Å². The first-order chi connectivity index (χ1) is 11.7. The summed E-state index contributed by atoms with van der Waals surface area (Å²) in [6.45, 7) is 6.68. The third-order valence-corrected chi connectivity index (χ3v) is 5.16. The lowest BCUT2D eigenvalue weighted by atomic mass is 10.0. The van der Waals surface area contributed by atoms with E-state index in [0.717, 1.165) is 36.8 Å². The van der Waals surface area contributed by atoms with Gasteiger partial charge in [0.1, 0.15) is 0 Å². The Bertz CT molecular complexity index is 660. The van der Waals surface area contributed by atoms with Gasteiger partial charge in [0.2, 0.25) is 0 Å². The monoisotopic (exact) mass is 326 g/mol. The second-order valence-corrected chi connectivity index (χ2v) is 7.00. The molecule has 130 valence electrons. The van der Waals surface area contributed by atoms with E-state index in [1.165, 1.54) is 37.0 Å². The molecule has 0 aliphatic carbocycles. The van der Waals surface area contributed by atoms with Crippen molar-refractivity contribution in [1.29, 1.82) is 0 Å². The van der Waals surface area contributed by atoms with Crippen molar-refractivity contribution in [2.45, 2.75) is 32.2 Å². The third kappa shape index (κ3) is 4.05. The number of aryl methyl sites for hydroxylation is 1. The quantitative estimate of drug-likeness (QED) is 0.883. The largest absolute Gasteiger partial charge is 0.383 e. The zero-order chi connectivity index (χ0) is 16.9. The molecule has 2 heterocycles. The summed E-state index contributed by atoms with van der Waals surface area (Å²) in [5, 5.41) is 4.87. The number of benzene rings is 1. The van der Waals surface area contributed by atoms with E-state index in [0.29, 0.717) is 0 Å². The van der Waals surface area contributed by atoms with Crippen LogP contribution in [0.1, 0.15) is 25.5 Å². The Morgan fingerprint density at radius 1 is 1.21 bits per heavy atom. The van der Waals surface area contributed by atoms with Crippen molar-refractivity contribution < 1.29 is 0 Å². The highest BCUT2D eigenvalue weighted by Gasteiger charge is 2.19. The number of nitrogens with zero attached hydrogens (tertiary/aromatic N) is 3. The third-order valence-electron chi connectivity index (χ3n) is 5.16. The minimum atomic E-state index is 0.755. The SMILES string of the molecule is CCc1cc(NCCN2CCC(N(C)C)CC2)c2ccccc2n1. The highest BCUT2D eigenvalue weighted by atomic mass is 15.2. The van der Waals surface area contributed by atoms with Crippen molar-refractivity contribution in [3.63, 3.8) is 0 Å². The Morgan fingerprint density at radius 2 is 1.96 bits per heavy atom. The molecule has 0 radical (unpaired) electrons. The fraction of sp³-hybridized carbons (Fsp3) is 0.550. The number of likely N-dealkylation sites (tertiary alicyclic amines) is 1. The topological polar surface area (TPSA) is 31.4 Å². The van der Waals surface area contributed by atoms with Crippen LogP contribution in [0.15, 0.2) is 30.3 Å². The Labute approximate surface area is 145 Å². The lowest BCUT2D eigenvalue weighted by molar-refractivity contribution is 0.148. The van der Waals surface area contributed by atoms with E-state index in [1.807, 2.05) is 0 Å². The van der Waals surface area contributed by atoms with E-state index >= 15 is 0 Å². The van der Waals surface area contributed by atoms with Crippen LogP contribution in [0, 0.1) is 0 Å². The Kier molecular flexibility index (Phi) is 5.69. The summed E-state index contributed by atoms with van der Waals surface area (Å²) in [5.41, 5.74) is 3.47. The average molecular weight is 326 g/mol. The van der Waals surface area contributed by atoms with Gasteiger partial charge < -0.3 is 15.1 Å². The molecule has 1 aliphatic rings. The van der Waals surface area contributed by atoms with Crippen LogP contribution >= 0.6 is 0 Å². The summed E-state index contributed by atoms with van der Waals surface area (Å²) in [7, 11) is 4.39. The molecule has 24 heavy (non-hydrogen) atoms. The lowest BCUT2D eigenvalue weighted by Gasteiger charge is -2.35. The maximum Gasteiger partial charge on any atom is 0.0726 e.